The highest BCUT2D eigenvalue weighted by Gasteiger charge is 2.09. The third-order valence-corrected chi connectivity index (χ3v) is 2.61. The molecule has 5 heteroatoms. The Morgan fingerprint density at radius 1 is 1.28 bits per heavy atom. The highest BCUT2D eigenvalue weighted by Crippen LogP contribution is 2.14. The molecule has 0 aliphatic rings. The first-order valence-corrected chi connectivity index (χ1v) is 6.05. The van der Waals surface area contributed by atoms with Gasteiger partial charge in [0.2, 0.25) is 0 Å². The third kappa shape index (κ3) is 3.56. The van der Waals surface area contributed by atoms with Gasteiger partial charge in [-0.05, 0) is 44.5 Å². The maximum absolute atomic E-state index is 5.91. The van der Waals surface area contributed by atoms with Crippen molar-refractivity contribution < 1.29 is 0 Å². The van der Waals surface area contributed by atoms with Crippen LogP contribution >= 0.6 is 0 Å². The molecule has 0 saturated carbocycles. The third-order valence-electron chi connectivity index (χ3n) is 2.61. The molecule has 2 rings (SSSR count). The lowest BCUT2D eigenvalue weighted by atomic mass is 10.0. The van der Waals surface area contributed by atoms with E-state index >= 15 is 0 Å². The predicted molar refractivity (Wildman–Crippen MR) is 73.2 cm³/mol. The van der Waals surface area contributed by atoms with Gasteiger partial charge in [0.15, 0.2) is 0 Å². The van der Waals surface area contributed by atoms with E-state index in [2.05, 4.69) is 20.5 Å². The number of hydrogen-bond acceptors (Lipinski definition) is 4. The highest BCUT2D eigenvalue weighted by atomic mass is 15.2. The van der Waals surface area contributed by atoms with Gasteiger partial charge < -0.3 is 16.0 Å². The largest absolute Gasteiger partial charge is 0.369 e. The standard InChI is InChI=1S/C13H19N5/c1-13(2,14)7-9-16-12-6-5-11(17-18-12)10-4-3-8-15-10/h3-6,8,15H,7,9,14H2,1-2H3,(H,16,18). The van der Waals surface area contributed by atoms with Crippen LogP contribution in [-0.4, -0.2) is 27.3 Å². The molecule has 5 nitrogen and oxygen atoms in total. The van der Waals surface area contributed by atoms with Crippen LogP contribution in [0.4, 0.5) is 5.82 Å². The minimum absolute atomic E-state index is 0.162. The van der Waals surface area contributed by atoms with Crippen molar-refractivity contribution in [2.24, 2.45) is 5.73 Å². The van der Waals surface area contributed by atoms with Gasteiger partial charge in [-0.3, -0.25) is 0 Å². The number of aromatic nitrogens is 3. The number of nitrogens with two attached hydrogens (primary N) is 1. The zero-order chi connectivity index (χ0) is 13.0. The van der Waals surface area contributed by atoms with Crippen LogP contribution in [0.3, 0.4) is 0 Å². The summed E-state index contributed by atoms with van der Waals surface area (Å²) >= 11 is 0. The Balaban J connectivity index is 1.92. The van der Waals surface area contributed by atoms with E-state index in [1.54, 1.807) is 0 Å². The van der Waals surface area contributed by atoms with Gasteiger partial charge in [0.25, 0.3) is 0 Å². The lowest BCUT2D eigenvalue weighted by molar-refractivity contribution is 0.490. The van der Waals surface area contributed by atoms with Gasteiger partial charge in [-0.15, -0.1) is 10.2 Å². The van der Waals surface area contributed by atoms with Crippen LogP contribution in [-0.2, 0) is 0 Å². The molecule has 0 aromatic carbocycles. The maximum atomic E-state index is 5.91. The summed E-state index contributed by atoms with van der Waals surface area (Å²) in [4.78, 5) is 3.10. The predicted octanol–water partition coefficient (Wildman–Crippen LogP) is 2.01. The molecule has 0 bridgehead atoms. The Bertz CT molecular complexity index is 467. The van der Waals surface area contributed by atoms with Gasteiger partial charge in [-0.25, -0.2) is 0 Å². The van der Waals surface area contributed by atoms with Crippen LogP contribution in [0, 0.1) is 0 Å². The molecule has 0 unspecified atom stereocenters. The second-order valence-corrected chi connectivity index (χ2v) is 5.05. The first kappa shape index (κ1) is 12.6. The van der Waals surface area contributed by atoms with Gasteiger partial charge in [-0.2, -0.15) is 0 Å². The molecular formula is C13H19N5. The monoisotopic (exact) mass is 245 g/mol. The first-order chi connectivity index (χ1) is 8.54. The zero-order valence-electron chi connectivity index (χ0n) is 10.8. The Morgan fingerprint density at radius 2 is 2.11 bits per heavy atom. The van der Waals surface area contributed by atoms with Gasteiger partial charge in [0, 0.05) is 18.3 Å². The molecule has 0 atom stereocenters. The first-order valence-electron chi connectivity index (χ1n) is 6.05. The Kier molecular flexibility index (Phi) is 3.62. The normalized spacial score (nSPS) is 11.5. The summed E-state index contributed by atoms with van der Waals surface area (Å²) in [6, 6.07) is 7.77. The second-order valence-electron chi connectivity index (χ2n) is 5.05. The Labute approximate surface area is 107 Å². The molecule has 18 heavy (non-hydrogen) atoms. The molecule has 0 radical (unpaired) electrons. The fourth-order valence-corrected chi connectivity index (χ4v) is 1.57. The summed E-state index contributed by atoms with van der Waals surface area (Å²) in [6.45, 7) is 4.81. The van der Waals surface area contributed by atoms with E-state index in [9.17, 15) is 0 Å². The highest BCUT2D eigenvalue weighted by molar-refractivity contribution is 5.54. The molecule has 2 heterocycles. The number of nitrogens with one attached hydrogen (secondary N) is 2. The number of aromatic amines is 1. The average Bonchev–Trinajstić information content (AvgIpc) is 2.82. The molecule has 0 aliphatic heterocycles. The van der Waals surface area contributed by atoms with Crippen LogP contribution < -0.4 is 11.1 Å². The van der Waals surface area contributed by atoms with Gasteiger partial charge in [-0.1, -0.05) is 0 Å². The van der Waals surface area contributed by atoms with Crippen LogP contribution in [0.5, 0.6) is 0 Å². The molecule has 4 N–H and O–H groups in total. The summed E-state index contributed by atoms with van der Waals surface area (Å²) in [7, 11) is 0. The molecule has 0 saturated heterocycles. The lowest BCUT2D eigenvalue weighted by Gasteiger charge is -2.18. The summed E-state index contributed by atoms with van der Waals surface area (Å²) in [6.07, 6.45) is 2.75. The van der Waals surface area contributed by atoms with Crippen molar-refractivity contribution in [3.63, 3.8) is 0 Å². The minimum Gasteiger partial charge on any atom is -0.369 e. The molecule has 2 aromatic heterocycles. The van der Waals surface area contributed by atoms with Crippen molar-refractivity contribution in [2.75, 3.05) is 11.9 Å². The van der Waals surface area contributed by atoms with Crippen molar-refractivity contribution in [2.45, 2.75) is 25.8 Å². The fraction of sp³-hybridized carbons (Fsp3) is 0.385. The van der Waals surface area contributed by atoms with Crippen molar-refractivity contribution in [1.82, 2.24) is 15.2 Å². The summed E-state index contributed by atoms with van der Waals surface area (Å²) < 4.78 is 0. The van der Waals surface area contributed by atoms with E-state index in [0.29, 0.717) is 0 Å². The van der Waals surface area contributed by atoms with E-state index in [0.717, 1.165) is 30.2 Å². The van der Waals surface area contributed by atoms with E-state index in [1.165, 1.54) is 0 Å². The Morgan fingerprint density at radius 3 is 2.67 bits per heavy atom. The molecule has 0 spiro atoms. The number of nitrogens with zero attached hydrogens (tertiary/aromatic N) is 2. The average molecular weight is 245 g/mol. The van der Waals surface area contributed by atoms with Crippen LogP contribution in [0.2, 0.25) is 0 Å². The molecule has 96 valence electrons. The zero-order valence-corrected chi connectivity index (χ0v) is 10.8. The van der Waals surface area contributed by atoms with Crippen LogP contribution in [0.25, 0.3) is 11.4 Å². The number of H-pyrrole nitrogens is 1. The lowest BCUT2D eigenvalue weighted by Crippen LogP contribution is -2.34. The van der Waals surface area contributed by atoms with E-state index in [4.69, 9.17) is 5.73 Å². The maximum Gasteiger partial charge on any atom is 0.148 e. The smallest absolute Gasteiger partial charge is 0.148 e. The summed E-state index contributed by atoms with van der Waals surface area (Å²) in [5, 5.41) is 11.5. The van der Waals surface area contributed by atoms with Gasteiger partial charge in [0.1, 0.15) is 11.5 Å². The molecule has 2 aromatic rings. The second kappa shape index (κ2) is 5.18. The van der Waals surface area contributed by atoms with Gasteiger partial charge in [0.05, 0.1) is 5.69 Å². The molecule has 0 aliphatic carbocycles. The fourth-order valence-electron chi connectivity index (χ4n) is 1.57. The summed E-state index contributed by atoms with van der Waals surface area (Å²) in [5.41, 5.74) is 7.55. The van der Waals surface area contributed by atoms with Crippen molar-refractivity contribution in [3.05, 3.63) is 30.5 Å². The van der Waals surface area contributed by atoms with E-state index < -0.39 is 0 Å². The quantitative estimate of drug-likeness (QED) is 0.753. The summed E-state index contributed by atoms with van der Waals surface area (Å²) in [5.74, 6) is 0.773. The SMILES string of the molecule is CC(C)(N)CCNc1ccc(-c2ccc[nH]2)nn1. The number of anilines is 1. The number of rotatable bonds is 5. The minimum atomic E-state index is -0.162. The van der Waals surface area contributed by atoms with Crippen LogP contribution in [0.1, 0.15) is 20.3 Å². The van der Waals surface area contributed by atoms with Crippen molar-refractivity contribution in [3.8, 4) is 11.4 Å². The van der Waals surface area contributed by atoms with Crippen LogP contribution in [0.15, 0.2) is 30.5 Å². The number of hydrogen-bond donors (Lipinski definition) is 3. The molecule has 0 fully saturated rings. The van der Waals surface area contributed by atoms with Crippen molar-refractivity contribution >= 4 is 5.82 Å². The topological polar surface area (TPSA) is 79.6 Å². The van der Waals surface area contributed by atoms with Crippen molar-refractivity contribution in [1.29, 1.82) is 0 Å². The van der Waals surface area contributed by atoms with E-state index in [-0.39, 0.29) is 5.54 Å². The van der Waals surface area contributed by atoms with Gasteiger partial charge >= 0.3 is 0 Å². The molecular weight excluding hydrogens is 226 g/mol. The van der Waals surface area contributed by atoms with E-state index in [1.807, 2.05) is 44.3 Å². The molecule has 0 amide bonds. The Hall–Kier alpha value is -1.88.